The van der Waals surface area contributed by atoms with Crippen molar-refractivity contribution >= 4 is 23.3 Å². The molecule has 0 aromatic carbocycles. The zero-order valence-corrected chi connectivity index (χ0v) is 25.6. The van der Waals surface area contributed by atoms with Gasteiger partial charge in [-0.2, -0.15) is 5.10 Å². The fraction of sp³-hybridized carbons (Fsp3) is 0.581. The molecule has 12 nitrogen and oxygen atoms in total. The summed E-state index contributed by atoms with van der Waals surface area (Å²) in [5.41, 5.74) is 5.45. The Labute approximate surface area is 261 Å². The number of alkyl halides is 2. The van der Waals surface area contributed by atoms with E-state index in [4.69, 9.17) is 14.9 Å². The van der Waals surface area contributed by atoms with Crippen molar-refractivity contribution in [1.82, 2.24) is 24.6 Å². The standard InChI is InChI=1S/C31H42F2N8O4/c1-40(13-3-15-44-14-2-11-34)31(43)21-6-8-23(9-7-21)41-18-24(27(39-41)28(32)33)37-29(42)25-19-45-30(38-25)22-10-12-35-26(16-22)36-17-20-4-5-20/h10,12,16,18-21,23,28H,2-9,11,13-15,17,34H2,1H3,(H,35,36)(H,37,42). The molecular weight excluding hydrogens is 586 g/mol. The van der Waals surface area contributed by atoms with E-state index in [1.54, 1.807) is 30.3 Å². The highest BCUT2D eigenvalue weighted by molar-refractivity contribution is 6.03. The van der Waals surface area contributed by atoms with Crippen LogP contribution in [-0.4, -0.2) is 76.4 Å². The van der Waals surface area contributed by atoms with Crippen molar-refractivity contribution in [2.24, 2.45) is 17.6 Å². The SMILES string of the molecule is CN(CCCOCCCN)C(=O)C1CCC(n2cc(NC(=O)c3coc(-c4ccnc(NCC5CC5)c4)n3)c(C(F)F)n2)CC1. The smallest absolute Gasteiger partial charge is 0.284 e. The van der Waals surface area contributed by atoms with Crippen LogP contribution in [0.1, 0.15) is 80.0 Å². The summed E-state index contributed by atoms with van der Waals surface area (Å²) in [6.07, 6.45) is 7.83. The summed E-state index contributed by atoms with van der Waals surface area (Å²) in [4.78, 5) is 36.3. The van der Waals surface area contributed by atoms with E-state index in [1.165, 1.54) is 30.0 Å². The van der Waals surface area contributed by atoms with Crippen molar-refractivity contribution in [2.45, 2.75) is 63.8 Å². The fourth-order valence-electron chi connectivity index (χ4n) is 5.48. The van der Waals surface area contributed by atoms with Crippen LogP contribution in [0, 0.1) is 11.8 Å². The number of oxazole rings is 1. The number of hydrogen-bond acceptors (Lipinski definition) is 9. The lowest BCUT2D eigenvalue weighted by Crippen LogP contribution is -2.36. The third-order valence-electron chi connectivity index (χ3n) is 8.30. The van der Waals surface area contributed by atoms with E-state index >= 15 is 0 Å². The molecule has 0 bridgehead atoms. The van der Waals surface area contributed by atoms with Gasteiger partial charge in [0, 0.05) is 57.2 Å². The molecule has 2 aliphatic rings. The largest absolute Gasteiger partial charge is 0.444 e. The van der Waals surface area contributed by atoms with Gasteiger partial charge in [-0.25, -0.2) is 18.7 Å². The number of aromatic nitrogens is 4. The molecule has 2 fully saturated rings. The van der Waals surface area contributed by atoms with Gasteiger partial charge in [0.15, 0.2) is 11.4 Å². The summed E-state index contributed by atoms with van der Waals surface area (Å²) in [5.74, 6) is 0.850. The molecule has 0 radical (unpaired) electrons. The Hall–Kier alpha value is -3.91. The Morgan fingerprint density at radius 1 is 1.18 bits per heavy atom. The average Bonchev–Trinajstić information content (AvgIpc) is 3.57. The number of nitrogens with two attached hydrogens (primary N) is 1. The lowest BCUT2D eigenvalue weighted by Gasteiger charge is -2.30. The van der Waals surface area contributed by atoms with Crippen molar-refractivity contribution in [3.63, 3.8) is 0 Å². The molecule has 0 aliphatic heterocycles. The van der Waals surface area contributed by atoms with Gasteiger partial charge in [0.1, 0.15) is 12.1 Å². The second-order valence-electron chi connectivity index (χ2n) is 11.8. The van der Waals surface area contributed by atoms with Crippen molar-refractivity contribution < 1.29 is 27.5 Å². The molecule has 5 rings (SSSR count). The first kappa shape index (κ1) is 32.5. The van der Waals surface area contributed by atoms with Gasteiger partial charge in [0.2, 0.25) is 11.8 Å². The van der Waals surface area contributed by atoms with E-state index in [0.29, 0.717) is 69.3 Å². The maximum Gasteiger partial charge on any atom is 0.284 e. The molecule has 244 valence electrons. The van der Waals surface area contributed by atoms with Crippen LogP contribution in [-0.2, 0) is 9.53 Å². The first-order valence-electron chi connectivity index (χ1n) is 15.7. The van der Waals surface area contributed by atoms with Gasteiger partial charge in [-0.05, 0) is 76.0 Å². The zero-order chi connectivity index (χ0) is 31.8. The van der Waals surface area contributed by atoms with Crippen molar-refractivity contribution in [2.75, 3.05) is 50.5 Å². The number of carbonyl (C=O) groups is 2. The van der Waals surface area contributed by atoms with Gasteiger partial charge >= 0.3 is 0 Å². The van der Waals surface area contributed by atoms with E-state index in [1.807, 2.05) is 0 Å². The van der Waals surface area contributed by atoms with Crippen molar-refractivity contribution in [3.8, 4) is 11.5 Å². The monoisotopic (exact) mass is 628 g/mol. The molecule has 0 saturated heterocycles. The topological polar surface area (TPSA) is 153 Å². The van der Waals surface area contributed by atoms with E-state index in [0.717, 1.165) is 19.4 Å². The number of rotatable bonds is 16. The van der Waals surface area contributed by atoms with Crippen LogP contribution in [0.4, 0.5) is 20.3 Å². The maximum atomic E-state index is 13.9. The van der Waals surface area contributed by atoms with Crippen LogP contribution in [0.25, 0.3) is 11.5 Å². The van der Waals surface area contributed by atoms with Crippen LogP contribution in [0.5, 0.6) is 0 Å². The predicted molar refractivity (Wildman–Crippen MR) is 164 cm³/mol. The van der Waals surface area contributed by atoms with Crippen LogP contribution < -0.4 is 16.4 Å². The normalized spacial score (nSPS) is 18.2. The van der Waals surface area contributed by atoms with Gasteiger partial charge < -0.3 is 30.4 Å². The average molecular weight is 629 g/mol. The Morgan fingerprint density at radius 2 is 1.96 bits per heavy atom. The number of halogens is 2. The molecule has 2 amide bonds. The number of pyridine rings is 1. The lowest BCUT2D eigenvalue weighted by atomic mass is 9.85. The Bertz CT molecular complexity index is 1420. The molecular formula is C31H42F2N8O4. The van der Waals surface area contributed by atoms with E-state index in [2.05, 4.69) is 25.7 Å². The highest BCUT2D eigenvalue weighted by atomic mass is 19.3. The Balaban J connectivity index is 1.15. The number of carbonyl (C=O) groups excluding carboxylic acids is 2. The predicted octanol–water partition coefficient (Wildman–Crippen LogP) is 4.89. The molecule has 3 aromatic heterocycles. The van der Waals surface area contributed by atoms with Gasteiger partial charge in [0.05, 0.1) is 11.7 Å². The van der Waals surface area contributed by atoms with Crippen molar-refractivity contribution in [3.05, 3.63) is 42.2 Å². The van der Waals surface area contributed by atoms with Crippen molar-refractivity contribution in [1.29, 1.82) is 0 Å². The van der Waals surface area contributed by atoms with Gasteiger partial charge in [0.25, 0.3) is 12.3 Å². The second kappa shape index (κ2) is 15.4. The summed E-state index contributed by atoms with van der Waals surface area (Å²) in [6, 6.07) is 3.35. The third kappa shape index (κ3) is 8.85. The number of anilines is 2. The number of nitrogens with zero attached hydrogens (tertiary/aromatic N) is 5. The molecule has 0 unspecified atom stereocenters. The molecule has 2 saturated carbocycles. The van der Waals surface area contributed by atoms with Crippen LogP contribution in [0.15, 0.2) is 35.2 Å². The van der Waals surface area contributed by atoms with E-state index in [9.17, 15) is 18.4 Å². The zero-order valence-electron chi connectivity index (χ0n) is 25.6. The quantitative estimate of drug-likeness (QED) is 0.188. The van der Waals surface area contributed by atoms with Gasteiger partial charge in [-0.3, -0.25) is 14.3 Å². The summed E-state index contributed by atoms with van der Waals surface area (Å²) in [6.45, 7) is 3.25. The molecule has 0 spiro atoms. The number of amides is 2. The highest BCUT2D eigenvalue weighted by Gasteiger charge is 2.31. The third-order valence-corrected chi connectivity index (χ3v) is 8.30. The molecule has 45 heavy (non-hydrogen) atoms. The molecule has 2 aliphatic carbocycles. The maximum absolute atomic E-state index is 13.9. The molecule has 14 heteroatoms. The first-order chi connectivity index (χ1) is 21.8. The lowest BCUT2D eigenvalue weighted by molar-refractivity contribution is -0.135. The van der Waals surface area contributed by atoms with E-state index in [-0.39, 0.29) is 35.1 Å². The Kier molecular flexibility index (Phi) is 11.1. The van der Waals surface area contributed by atoms with Gasteiger partial charge in [-0.1, -0.05) is 0 Å². The Morgan fingerprint density at radius 3 is 2.69 bits per heavy atom. The van der Waals surface area contributed by atoms with Gasteiger partial charge in [-0.15, -0.1) is 0 Å². The van der Waals surface area contributed by atoms with E-state index < -0.39 is 18.0 Å². The molecule has 4 N–H and O–H groups in total. The highest BCUT2D eigenvalue weighted by Crippen LogP contribution is 2.36. The number of hydrogen-bond donors (Lipinski definition) is 3. The minimum Gasteiger partial charge on any atom is -0.444 e. The first-order valence-corrected chi connectivity index (χ1v) is 15.7. The fourth-order valence-corrected chi connectivity index (χ4v) is 5.48. The van der Waals surface area contributed by atoms with Crippen LogP contribution in [0.3, 0.4) is 0 Å². The number of ether oxygens (including phenoxy) is 1. The summed E-state index contributed by atoms with van der Waals surface area (Å²) >= 11 is 0. The van der Waals surface area contributed by atoms with Crippen LogP contribution in [0.2, 0.25) is 0 Å². The molecule has 3 aromatic rings. The van der Waals surface area contributed by atoms with Crippen LogP contribution >= 0.6 is 0 Å². The number of nitrogens with one attached hydrogen (secondary N) is 2. The minimum absolute atomic E-state index is 0.0486. The summed E-state index contributed by atoms with van der Waals surface area (Å²) in [7, 11) is 1.80. The second-order valence-corrected chi connectivity index (χ2v) is 11.8. The summed E-state index contributed by atoms with van der Waals surface area (Å²) < 4.78 is 40.4. The minimum atomic E-state index is -2.89. The molecule has 0 atom stereocenters. The summed E-state index contributed by atoms with van der Waals surface area (Å²) in [5, 5.41) is 9.95. The molecule has 3 heterocycles.